The van der Waals surface area contributed by atoms with Crippen LogP contribution in [0.1, 0.15) is 45.4 Å². The molecule has 0 bridgehead atoms. The number of hydrogen-bond donors (Lipinski definition) is 2. The van der Waals surface area contributed by atoms with Gasteiger partial charge in [0, 0.05) is 16.5 Å². The van der Waals surface area contributed by atoms with Crippen LogP contribution < -0.4 is 11.3 Å². The van der Waals surface area contributed by atoms with E-state index in [0.29, 0.717) is 0 Å². The molecular formula is C16H23N3. The summed E-state index contributed by atoms with van der Waals surface area (Å²) in [7, 11) is 0. The minimum Gasteiger partial charge on any atom is -0.323 e. The minimum atomic E-state index is 0.0130. The zero-order chi connectivity index (χ0) is 14.0. The Bertz CT molecular complexity index is 582. The minimum absolute atomic E-state index is 0.0130. The fourth-order valence-electron chi connectivity index (χ4n) is 2.28. The Morgan fingerprint density at radius 3 is 2.58 bits per heavy atom. The van der Waals surface area contributed by atoms with E-state index in [-0.39, 0.29) is 5.41 Å². The highest BCUT2D eigenvalue weighted by molar-refractivity contribution is 5.93. The van der Waals surface area contributed by atoms with Crippen molar-refractivity contribution in [2.75, 3.05) is 5.43 Å². The van der Waals surface area contributed by atoms with Crippen molar-refractivity contribution in [3.05, 3.63) is 35.5 Å². The smallest absolute Gasteiger partial charge is 0.0758 e. The highest BCUT2D eigenvalue weighted by atomic mass is 15.2. The van der Waals surface area contributed by atoms with Crippen molar-refractivity contribution in [2.24, 2.45) is 5.84 Å². The van der Waals surface area contributed by atoms with Crippen molar-refractivity contribution in [3.63, 3.8) is 0 Å². The van der Waals surface area contributed by atoms with Gasteiger partial charge in [-0.3, -0.25) is 10.8 Å². The molecule has 0 fully saturated rings. The van der Waals surface area contributed by atoms with Crippen LogP contribution in [0.4, 0.5) is 5.69 Å². The summed E-state index contributed by atoms with van der Waals surface area (Å²) in [5.74, 6) is 5.67. The monoisotopic (exact) mass is 257 g/mol. The van der Waals surface area contributed by atoms with Crippen molar-refractivity contribution in [1.82, 2.24) is 4.98 Å². The molecule has 1 aromatic carbocycles. The second-order valence-corrected chi connectivity index (χ2v) is 6.01. The Hall–Kier alpha value is -1.61. The van der Waals surface area contributed by atoms with Gasteiger partial charge in [0.1, 0.15) is 0 Å². The molecule has 1 heterocycles. The van der Waals surface area contributed by atoms with Gasteiger partial charge in [-0.15, -0.1) is 0 Å². The SMILES string of the molecule is CCCc1cccc2c(NN)cc(C(C)(C)C)nc12. The molecule has 0 aliphatic carbocycles. The summed E-state index contributed by atoms with van der Waals surface area (Å²) >= 11 is 0. The number of hydrazine groups is 1. The lowest BCUT2D eigenvalue weighted by molar-refractivity contribution is 0.571. The molecule has 19 heavy (non-hydrogen) atoms. The van der Waals surface area contributed by atoms with E-state index in [1.807, 2.05) is 0 Å². The van der Waals surface area contributed by atoms with E-state index in [1.165, 1.54) is 5.56 Å². The van der Waals surface area contributed by atoms with E-state index in [0.717, 1.165) is 35.1 Å². The zero-order valence-electron chi connectivity index (χ0n) is 12.2. The zero-order valence-corrected chi connectivity index (χ0v) is 12.2. The molecule has 0 saturated carbocycles. The molecule has 3 heteroatoms. The van der Waals surface area contributed by atoms with Crippen LogP contribution in [0.15, 0.2) is 24.3 Å². The van der Waals surface area contributed by atoms with Gasteiger partial charge in [0.15, 0.2) is 0 Å². The Kier molecular flexibility index (Phi) is 3.76. The van der Waals surface area contributed by atoms with Crippen LogP contribution in [0.25, 0.3) is 10.9 Å². The van der Waals surface area contributed by atoms with Gasteiger partial charge in [-0.25, -0.2) is 0 Å². The molecule has 3 nitrogen and oxygen atoms in total. The first-order chi connectivity index (χ1) is 8.97. The number of anilines is 1. The number of nitrogens with one attached hydrogen (secondary N) is 1. The maximum absolute atomic E-state index is 5.67. The summed E-state index contributed by atoms with van der Waals surface area (Å²) in [6.07, 6.45) is 2.16. The average molecular weight is 257 g/mol. The molecular weight excluding hydrogens is 234 g/mol. The third-order valence-electron chi connectivity index (χ3n) is 3.37. The highest BCUT2D eigenvalue weighted by Crippen LogP contribution is 2.30. The number of fused-ring (bicyclic) bond motifs is 1. The highest BCUT2D eigenvalue weighted by Gasteiger charge is 2.18. The molecule has 2 rings (SSSR count). The summed E-state index contributed by atoms with van der Waals surface area (Å²) in [4.78, 5) is 4.88. The number of aromatic nitrogens is 1. The molecule has 2 aromatic rings. The maximum Gasteiger partial charge on any atom is 0.0758 e. The van der Waals surface area contributed by atoms with Gasteiger partial charge in [-0.1, -0.05) is 52.3 Å². The lowest BCUT2D eigenvalue weighted by Gasteiger charge is -2.20. The van der Waals surface area contributed by atoms with Gasteiger partial charge in [0.05, 0.1) is 11.2 Å². The molecule has 102 valence electrons. The predicted molar refractivity (Wildman–Crippen MR) is 82.2 cm³/mol. The van der Waals surface area contributed by atoms with Crippen LogP contribution in [0, 0.1) is 0 Å². The van der Waals surface area contributed by atoms with Crippen LogP contribution in [-0.2, 0) is 11.8 Å². The van der Waals surface area contributed by atoms with Crippen LogP contribution in [0.2, 0.25) is 0 Å². The number of rotatable bonds is 3. The summed E-state index contributed by atoms with van der Waals surface area (Å²) < 4.78 is 0. The first-order valence-electron chi connectivity index (χ1n) is 6.87. The molecule has 0 radical (unpaired) electrons. The largest absolute Gasteiger partial charge is 0.323 e. The van der Waals surface area contributed by atoms with E-state index in [4.69, 9.17) is 10.8 Å². The van der Waals surface area contributed by atoms with Crippen molar-refractivity contribution >= 4 is 16.6 Å². The molecule has 0 amide bonds. The molecule has 0 aliphatic heterocycles. The van der Waals surface area contributed by atoms with Gasteiger partial charge >= 0.3 is 0 Å². The molecule has 3 N–H and O–H groups in total. The molecule has 0 spiro atoms. The Morgan fingerprint density at radius 2 is 2.00 bits per heavy atom. The fourth-order valence-corrected chi connectivity index (χ4v) is 2.28. The van der Waals surface area contributed by atoms with E-state index in [1.54, 1.807) is 0 Å². The van der Waals surface area contributed by atoms with E-state index in [2.05, 4.69) is 57.4 Å². The van der Waals surface area contributed by atoms with Crippen molar-refractivity contribution in [2.45, 2.75) is 46.0 Å². The summed E-state index contributed by atoms with van der Waals surface area (Å²) in [5.41, 5.74) is 7.21. The van der Waals surface area contributed by atoms with E-state index < -0.39 is 0 Å². The van der Waals surface area contributed by atoms with Gasteiger partial charge in [0.25, 0.3) is 0 Å². The van der Waals surface area contributed by atoms with E-state index >= 15 is 0 Å². The van der Waals surface area contributed by atoms with Crippen LogP contribution in [0.5, 0.6) is 0 Å². The predicted octanol–water partition coefficient (Wildman–Crippen LogP) is 3.77. The number of hydrogen-bond acceptors (Lipinski definition) is 3. The van der Waals surface area contributed by atoms with Crippen molar-refractivity contribution < 1.29 is 0 Å². The number of aryl methyl sites for hydroxylation is 1. The van der Waals surface area contributed by atoms with Crippen LogP contribution in [0.3, 0.4) is 0 Å². The summed E-state index contributed by atoms with van der Waals surface area (Å²) in [6.45, 7) is 8.70. The van der Waals surface area contributed by atoms with E-state index in [9.17, 15) is 0 Å². The van der Waals surface area contributed by atoms with Gasteiger partial charge in [0.2, 0.25) is 0 Å². The van der Waals surface area contributed by atoms with Gasteiger partial charge in [-0.2, -0.15) is 0 Å². The lowest BCUT2D eigenvalue weighted by atomic mass is 9.90. The number of pyridine rings is 1. The third kappa shape index (κ3) is 2.71. The second-order valence-electron chi connectivity index (χ2n) is 6.01. The Labute approximate surface area is 115 Å². The standard InChI is InChI=1S/C16H23N3/c1-5-7-11-8-6-9-12-13(19-17)10-14(16(2,3)4)18-15(11)12/h6,8-10H,5,7,17H2,1-4H3,(H,18,19). The molecule has 0 atom stereocenters. The van der Waals surface area contributed by atoms with Crippen LogP contribution >= 0.6 is 0 Å². The lowest BCUT2D eigenvalue weighted by Crippen LogP contribution is -2.16. The summed E-state index contributed by atoms with van der Waals surface area (Å²) in [6, 6.07) is 8.36. The van der Waals surface area contributed by atoms with Crippen molar-refractivity contribution in [1.29, 1.82) is 0 Å². The molecule has 1 aromatic heterocycles. The maximum atomic E-state index is 5.67. The number of nitrogens with zero attached hydrogens (tertiary/aromatic N) is 1. The number of para-hydroxylation sites is 1. The van der Waals surface area contributed by atoms with Gasteiger partial charge < -0.3 is 5.43 Å². The van der Waals surface area contributed by atoms with Crippen molar-refractivity contribution in [3.8, 4) is 0 Å². The average Bonchev–Trinajstić information content (AvgIpc) is 2.37. The second kappa shape index (κ2) is 5.17. The molecule has 0 unspecified atom stereocenters. The Balaban J connectivity index is 2.74. The first-order valence-corrected chi connectivity index (χ1v) is 6.87. The topological polar surface area (TPSA) is 50.9 Å². The number of nitrogens with two attached hydrogens (primary N) is 1. The van der Waals surface area contributed by atoms with Crippen LogP contribution in [-0.4, -0.2) is 4.98 Å². The number of nitrogen functional groups attached to an aromatic ring is 1. The normalized spacial score (nSPS) is 11.8. The quantitative estimate of drug-likeness (QED) is 0.650. The molecule has 0 saturated heterocycles. The molecule has 0 aliphatic rings. The summed E-state index contributed by atoms with van der Waals surface area (Å²) in [5, 5.41) is 1.10. The fraction of sp³-hybridized carbons (Fsp3) is 0.438. The number of benzene rings is 1. The first kappa shape index (κ1) is 13.8. The van der Waals surface area contributed by atoms with Gasteiger partial charge in [-0.05, 0) is 18.1 Å². The Morgan fingerprint density at radius 1 is 1.26 bits per heavy atom. The third-order valence-corrected chi connectivity index (χ3v) is 3.37.